The fourth-order valence-electron chi connectivity index (χ4n) is 8.28. The Morgan fingerprint density at radius 3 is 1.38 bits per heavy atom. The first-order valence-corrected chi connectivity index (χ1v) is 17.7. The summed E-state index contributed by atoms with van der Waals surface area (Å²) in [4.78, 5) is 16.2. The van der Waals surface area contributed by atoms with Crippen LogP contribution >= 0.6 is 0 Å². The van der Waals surface area contributed by atoms with Crippen LogP contribution in [0, 0.1) is 0 Å². The van der Waals surface area contributed by atoms with Gasteiger partial charge in [-0.15, -0.1) is 0 Å². The Morgan fingerprint density at radius 2 is 0.880 bits per heavy atom. The number of nitrogens with zero attached hydrogens (tertiary/aromatic N) is 5. The average molecular weight is 646 g/mol. The quantitative estimate of drug-likeness (QED) is 0.187. The zero-order valence-corrected chi connectivity index (χ0v) is 27.7. The van der Waals surface area contributed by atoms with Crippen LogP contribution in [0.15, 0.2) is 146 Å². The van der Waals surface area contributed by atoms with Crippen molar-refractivity contribution in [3.05, 3.63) is 151 Å². The largest absolute Gasteiger partial charge is 0.278 e. The van der Waals surface area contributed by atoms with Crippen molar-refractivity contribution in [2.45, 2.75) is 38.0 Å². The van der Waals surface area contributed by atoms with Gasteiger partial charge in [-0.3, -0.25) is 9.13 Å². The van der Waals surface area contributed by atoms with Crippen molar-refractivity contribution in [2.75, 3.05) is 0 Å². The van der Waals surface area contributed by atoms with Crippen LogP contribution < -0.4 is 0 Å². The van der Waals surface area contributed by atoms with Gasteiger partial charge >= 0.3 is 0 Å². The van der Waals surface area contributed by atoms with Crippen molar-refractivity contribution in [3.63, 3.8) is 0 Å². The molecule has 1 aliphatic rings. The van der Waals surface area contributed by atoms with Crippen molar-refractivity contribution >= 4 is 43.6 Å². The third-order valence-corrected chi connectivity index (χ3v) is 10.6. The lowest BCUT2D eigenvalue weighted by molar-refractivity contribution is 0.444. The lowest BCUT2D eigenvalue weighted by Gasteiger charge is -2.25. The minimum absolute atomic E-state index is 0.466. The van der Waals surface area contributed by atoms with Crippen LogP contribution in [-0.4, -0.2) is 24.1 Å². The Kier molecular flexibility index (Phi) is 6.83. The number of hydrogen-bond donors (Lipinski definition) is 0. The number of benzene rings is 6. The molecule has 3 aromatic heterocycles. The summed E-state index contributed by atoms with van der Waals surface area (Å²) in [6.07, 6.45) is 6.17. The molecule has 6 aromatic carbocycles. The molecule has 0 aliphatic heterocycles. The zero-order valence-electron chi connectivity index (χ0n) is 27.7. The van der Waals surface area contributed by atoms with Crippen LogP contribution in [0.1, 0.15) is 43.6 Å². The molecule has 10 rings (SSSR count). The number of hydrogen-bond acceptors (Lipinski definition) is 3. The summed E-state index contributed by atoms with van der Waals surface area (Å²) in [5.41, 5.74) is 9.06. The molecule has 0 amide bonds. The van der Waals surface area contributed by atoms with Crippen molar-refractivity contribution < 1.29 is 0 Å². The molecule has 0 radical (unpaired) electrons. The van der Waals surface area contributed by atoms with Gasteiger partial charge in [0, 0.05) is 27.1 Å². The van der Waals surface area contributed by atoms with Gasteiger partial charge in [-0.05, 0) is 65.8 Å². The summed E-state index contributed by atoms with van der Waals surface area (Å²) in [6.45, 7) is 0. The van der Waals surface area contributed by atoms with E-state index in [1.165, 1.54) is 64.8 Å². The van der Waals surface area contributed by atoms with E-state index in [1.807, 2.05) is 0 Å². The third-order valence-electron chi connectivity index (χ3n) is 10.6. The van der Waals surface area contributed by atoms with E-state index in [4.69, 9.17) is 15.0 Å². The summed E-state index contributed by atoms with van der Waals surface area (Å²) >= 11 is 0. The molecular formula is C45H35N5. The standard InChI is InChI=1S/C45H35N5/c1-3-15-30(16-4-1)32-27-28-33(31-17-5-2-6-18-31)38(29-32)43-46-44(49-39-23-11-7-19-34(39)35-20-8-12-24-40(35)49)48-45(47-43)50-41-25-13-9-21-36(41)37-22-10-14-26-42(37)50/h1,3-4,7-16,19-29,31H,2,5-6,17-18H2. The number of para-hydroxylation sites is 4. The van der Waals surface area contributed by atoms with E-state index in [0.29, 0.717) is 23.6 Å². The highest BCUT2D eigenvalue weighted by Crippen LogP contribution is 2.40. The lowest BCUT2D eigenvalue weighted by atomic mass is 9.81. The van der Waals surface area contributed by atoms with Crippen LogP contribution in [0.3, 0.4) is 0 Å². The highest BCUT2D eigenvalue weighted by Gasteiger charge is 2.24. The Balaban J connectivity index is 1.31. The summed E-state index contributed by atoms with van der Waals surface area (Å²) in [7, 11) is 0. The number of fused-ring (bicyclic) bond motifs is 6. The van der Waals surface area contributed by atoms with Gasteiger partial charge < -0.3 is 0 Å². The third kappa shape index (κ3) is 4.65. The summed E-state index contributed by atoms with van der Waals surface area (Å²) in [5, 5.41) is 4.71. The first-order valence-electron chi connectivity index (χ1n) is 17.7. The fraction of sp³-hybridized carbons (Fsp3) is 0.133. The highest BCUT2D eigenvalue weighted by atomic mass is 15.3. The average Bonchev–Trinajstić information content (AvgIpc) is 3.71. The molecule has 0 unspecified atom stereocenters. The Morgan fingerprint density at radius 1 is 0.420 bits per heavy atom. The zero-order chi connectivity index (χ0) is 33.0. The second-order valence-corrected chi connectivity index (χ2v) is 13.5. The molecule has 1 saturated carbocycles. The Bertz CT molecular complexity index is 2460. The van der Waals surface area contributed by atoms with Gasteiger partial charge in [0.25, 0.3) is 0 Å². The van der Waals surface area contributed by atoms with Crippen LogP contribution in [-0.2, 0) is 0 Å². The van der Waals surface area contributed by atoms with Crippen LogP contribution in [0.5, 0.6) is 0 Å². The maximum Gasteiger partial charge on any atom is 0.240 e. The monoisotopic (exact) mass is 645 g/mol. The molecule has 0 bridgehead atoms. The van der Waals surface area contributed by atoms with E-state index in [9.17, 15) is 0 Å². The Hall–Kier alpha value is -6.07. The van der Waals surface area contributed by atoms with E-state index < -0.39 is 0 Å². The molecule has 0 saturated heterocycles. The van der Waals surface area contributed by atoms with Gasteiger partial charge in [-0.1, -0.05) is 135 Å². The van der Waals surface area contributed by atoms with E-state index >= 15 is 0 Å². The van der Waals surface area contributed by atoms with Crippen molar-refractivity contribution in [3.8, 4) is 34.4 Å². The molecule has 1 aliphatic carbocycles. The second kappa shape index (κ2) is 11.8. The van der Waals surface area contributed by atoms with Crippen molar-refractivity contribution in [1.82, 2.24) is 24.1 Å². The van der Waals surface area contributed by atoms with E-state index in [2.05, 4.69) is 155 Å². The first kappa shape index (κ1) is 28.9. The minimum Gasteiger partial charge on any atom is -0.278 e. The molecule has 5 nitrogen and oxygen atoms in total. The van der Waals surface area contributed by atoms with E-state index in [-0.39, 0.29) is 0 Å². The van der Waals surface area contributed by atoms with Gasteiger partial charge in [0.1, 0.15) is 0 Å². The smallest absolute Gasteiger partial charge is 0.240 e. The highest BCUT2D eigenvalue weighted by molar-refractivity contribution is 6.10. The lowest BCUT2D eigenvalue weighted by Crippen LogP contribution is -2.12. The van der Waals surface area contributed by atoms with E-state index in [1.54, 1.807) is 0 Å². The molecule has 0 N–H and O–H groups in total. The van der Waals surface area contributed by atoms with Gasteiger partial charge in [-0.25, -0.2) is 0 Å². The van der Waals surface area contributed by atoms with E-state index in [0.717, 1.165) is 33.2 Å². The van der Waals surface area contributed by atoms with Gasteiger partial charge in [0.05, 0.1) is 22.1 Å². The molecular weight excluding hydrogens is 611 g/mol. The molecule has 5 heteroatoms. The van der Waals surface area contributed by atoms with Crippen LogP contribution in [0.4, 0.5) is 0 Å². The molecule has 240 valence electrons. The first-order chi connectivity index (χ1) is 24.8. The fourth-order valence-corrected chi connectivity index (χ4v) is 8.28. The number of aromatic nitrogens is 5. The van der Waals surface area contributed by atoms with Crippen molar-refractivity contribution in [1.29, 1.82) is 0 Å². The summed E-state index contributed by atoms with van der Waals surface area (Å²) < 4.78 is 4.43. The topological polar surface area (TPSA) is 48.5 Å². The second-order valence-electron chi connectivity index (χ2n) is 13.5. The number of rotatable bonds is 5. The summed E-state index contributed by atoms with van der Waals surface area (Å²) in [5.74, 6) is 2.40. The van der Waals surface area contributed by atoms with Gasteiger partial charge in [0.15, 0.2) is 5.82 Å². The molecule has 9 aromatic rings. The summed E-state index contributed by atoms with van der Waals surface area (Å²) in [6, 6.07) is 51.8. The maximum atomic E-state index is 5.43. The SMILES string of the molecule is c1ccc(-c2ccc(C3CCCCC3)c(-c3nc(-n4c5ccccc5c5ccccc54)nc(-n4c5ccccc5c5ccccc54)n3)c2)cc1. The van der Waals surface area contributed by atoms with Gasteiger partial charge in [0.2, 0.25) is 11.9 Å². The Labute approximate surface area is 290 Å². The normalized spacial score (nSPS) is 13.9. The van der Waals surface area contributed by atoms with Crippen LogP contribution in [0.2, 0.25) is 0 Å². The van der Waals surface area contributed by atoms with Crippen molar-refractivity contribution in [2.24, 2.45) is 0 Å². The van der Waals surface area contributed by atoms with Crippen LogP contribution in [0.25, 0.3) is 78.0 Å². The van der Waals surface area contributed by atoms with Gasteiger partial charge in [-0.2, -0.15) is 15.0 Å². The molecule has 50 heavy (non-hydrogen) atoms. The maximum absolute atomic E-state index is 5.43. The minimum atomic E-state index is 0.466. The molecule has 0 spiro atoms. The molecule has 1 fully saturated rings. The predicted molar refractivity (Wildman–Crippen MR) is 205 cm³/mol. The molecule has 0 atom stereocenters. The predicted octanol–water partition coefficient (Wildman–Crippen LogP) is 11.4. The molecule has 3 heterocycles.